The zero-order valence-corrected chi connectivity index (χ0v) is 9.81. The van der Waals surface area contributed by atoms with Crippen molar-refractivity contribution >= 4 is 5.91 Å². The van der Waals surface area contributed by atoms with Crippen LogP contribution >= 0.6 is 0 Å². The van der Waals surface area contributed by atoms with Gasteiger partial charge in [-0.05, 0) is 24.1 Å². The second-order valence-corrected chi connectivity index (χ2v) is 4.56. The van der Waals surface area contributed by atoms with Gasteiger partial charge < -0.3 is 14.4 Å². The van der Waals surface area contributed by atoms with Crippen molar-refractivity contribution in [1.82, 2.24) is 4.90 Å². The first-order valence-electron chi connectivity index (χ1n) is 5.89. The minimum Gasteiger partial charge on any atom is -0.454 e. The summed E-state index contributed by atoms with van der Waals surface area (Å²) >= 11 is 0. The Labute approximate surface area is 100 Å². The van der Waals surface area contributed by atoms with Crippen LogP contribution in [-0.4, -0.2) is 30.7 Å². The molecule has 90 valence electrons. The number of ether oxygens (including phenoxy) is 2. The quantitative estimate of drug-likeness (QED) is 0.741. The zero-order valence-electron chi connectivity index (χ0n) is 9.81. The van der Waals surface area contributed by atoms with Crippen molar-refractivity contribution in [2.75, 3.05) is 19.9 Å². The smallest absolute Gasteiger partial charge is 0.231 e. The van der Waals surface area contributed by atoms with Gasteiger partial charge in [-0.25, -0.2) is 0 Å². The number of rotatable bonds is 1. The molecule has 1 unspecified atom stereocenters. The average molecular weight is 233 g/mol. The third-order valence-corrected chi connectivity index (χ3v) is 3.50. The second-order valence-electron chi connectivity index (χ2n) is 4.56. The molecule has 3 rings (SSSR count). The summed E-state index contributed by atoms with van der Waals surface area (Å²) in [6.45, 7) is 3.61. The summed E-state index contributed by atoms with van der Waals surface area (Å²) in [5, 5.41) is 0. The molecule has 0 bridgehead atoms. The first-order valence-corrected chi connectivity index (χ1v) is 5.89. The van der Waals surface area contributed by atoms with Crippen LogP contribution in [0.15, 0.2) is 18.2 Å². The van der Waals surface area contributed by atoms with Crippen molar-refractivity contribution in [3.63, 3.8) is 0 Å². The van der Waals surface area contributed by atoms with Crippen molar-refractivity contribution in [1.29, 1.82) is 0 Å². The van der Waals surface area contributed by atoms with E-state index in [-0.39, 0.29) is 5.91 Å². The van der Waals surface area contributed by atoms with Gasteiger partial charge in [-0.2, -0.15) is 0 Å². The van der Waals surface area contributed by atoms with Crippen molar-refractivity contribution in [2.24, 2.45) is 0 Å². The summed E-state index contributed by atoms with van der Waals surface area (Å²) < 4.78 is 10.7. The summed E-state index contributed by atoms with van der Waals surface area (Å²) in [5.41, 5.74) is 1.23. The number of nitrogens with zero attached hydrogens (tertiary/aromatic N) is 1. The molecule has 1 fully saturated rings. The van der Waals surface area contributed by atoms with Crippen molar-refractivity contribution in [2.45, 2.75) is 19.3 Å². The molecule has 1 aromatic rings. The lowest BCUT2D eigenvalue weighted by atomic mass is 9.98. The summed E-state index contributed by atoms with van der Waals surface area (Å²) in [6.07, 6.45) is 1.03. The predicted octanol–water partition coefficient (Wildman–Crippen LogP) is 1.75. The third kappa shape index (κ3) is 1.84. The van der Waals surface area contributed by atoms with Crippen LogP contribution in [0.4, 0.5) is 0 Å². The highest BCUT2D eigenvalue weighted by Gasteiger charge is 2.26. The minimum atomic E-state index is 0.160. The Balaban J connectivity index is 1.79. The first-order chi connectivity index (χ1) is 8.24. The van der Waals surface area contributed by atoms with Gasteiger partial charge in [0.2, 0.25) is 12.7 Å². The van der Waals surface area contributed by atoms with E-state index in [0.29, 0.717) is 12.7 Å². The minimum absolute atomic E-state index is 0.160. The normalized spacial score (nSPS) is 21.9. The van der Waals surface area contributed by atoms with E-state index in [1.165, 1.54) is 5.56 Å². The highest BCUT2D eigenvalue weighted by molar-refractivity contribution is 5.73. The number of carbonyl (C=O) groups excluding carboxylic acids is 1. The SMILES string of the molecule is CC(=O)N1CCC(c2ccc3c(c2)OCO3)C1. The van der Waals surface area contributed by atoms with Crippen LogP contribution in [0, 0.1) is 0 Å². The standard InChI is InChI=1S/C13H15NO3/c1-9(15)14-5-4-11(7-14)10-2-3-12-13(6-10)17-8-16-12/h2-3,6,11H,4-5,7-8H2,1H3. The van der Waals surface area contributed by atoms with Gasteiger partial charge in [-0.1, -0.05) is 6.07 Å². The average Bonchev–Trinajstić information content (AvgIpc) is 2.97. The summed E-state index contributed by atoms with van der Waals surface area (Å²) in [4.78, 5) is 13.2. The van der Waals surface area contributed by atoms with E-state index < -0.39 is 0 Å². The monoisotopic (exact) mass is 233 g/mol. The molecule has 2 aliphatic heterocycles. The number of likely N-dealkylation sites (tertiary alicyclic amines) is 1. The second kappa shape index (κ2) is 3.95. The molecule has 1 aromatic carbocycles. The van der Waals surface area contributed by atoms with E-state index >= 15 is 0 Å². The molecule has 0 radical (unpaired) electrons. The molecule has 0 aromatic heterocycles. The molecule has 0 N–H and O–H groups in total. The van der Waals surface area contributed by atoms with E-state index in [0.717, 1.165) is 31.0 Å². The van der Waals surface area contributed by atoms with Gasteiger partial charge in [0.05, 0.1) is 0 Å². The molecule has 4 nitrogen and oxygen atoms in total. The Bertz CT molecular complexity index is 458. The molecule has 1 saturated heterocycles. The maximum absolute atomic E-state index is 11.3. The summed E-state index contributed by atoms with van der Waals surface area (Å²) in [5.74, 6) is 2.22. The highest BCUT2D eigenvalue weighted by atomic mass is 16.7. The zero-order chi connectivity index (χ0) is 11.8. The van der Waals surface area contributed by atoms with Crippen molar-refractivity contribution in [3.8, 4) is 11.5 Å². The van der Waals surface area contributed by atoms with Gasteiger partial charge in [0.15, 0.2) is 11.5 Å². The van der Waals surface area contributed by atoms with Gasteiger partial charge in [-0.3, -0.25) is 4.79 Å². The number of fused-ring (bicyclic) bond motifs is 1. The van der Waals surface area contributed by atoms with Gasteiger partial charge in [-0.15, -0.1) is 0 Å². The molecule has 17 heavy (non-hydrogen) atoms. The largest absolute Gasteiger partial charge is 0.454 e. The number of benzene rings is 1. The van der Waals surface area contributed by atoms with Gasteiger partial charge in [0, 0.05) is 25.9 Å². The fraction of sp³-hybridized carbons (Fsp3) is 0.462. The number of hydrogen-bond donors (Lipinski definition) is 0. The molecular weight excluding hydrogens is 218 g/mol. The number of amides is 1. The number of hydrogen-bond acceptors (Lipinski definition) is 3. The maximum Gasteiger partial charge on any atom is 0.231 e. The molecule has 4 heteroatoms. The summed E-state index contributed by atoms with van der Waals surface area (Å²) in [7, 11) is 0. The molecule has 2 heterocycles. The first kappa shape index (κ1) is 10.4. The lowest BCUT2D eigenvalue weighted by molar-refractivity contribution is -0.127. The van der Waals surface area contributed by atoms with Crippen LogP contribution < -0.4 is 9.47 Å². The summed E-state index contributed by atoms with van der Waals surface area (Å²) in [6, 6.07) is 6.06. The van der Waals surface area contributed by atoms with Gasteiger partial charge in [0.1, 0.15) is 0 Å². The van der Waals surface area contributed by atoms with E-state index in [1.807, 2.05) is 17.0 Å². The number of carbonyl (C=O) groups is 1. The predicted molar refractivity (Wildman–Crippen MR) is 62.2 cm³/mol. The van der Waals surface area contributed by atoms with Crippen molar-refractivity contribution in [3.05, 3.63) is 23.8 Å². The Hall–Kier alpha value is -1.71. The van der Waals surface area contributed by atoms with E-state index in [2.05, 4.69) is 6.07 Å². The fourth-order valence-corrected chi connectivity index (χ4v) is 2.49. The Kier molecular flexibility index (Phi) is 2.42. The van der Waals surface area contributed by atoms with Crippen LogP contribution in [-0.2, 0) is 4.79 Å². The lowest BCUT2D eigenvalue weighted by Gasteiger charge is -2.14. The maximum atomic E-state index is 11.3. The molecule has 0 saturated carbocycles. The topological polar surface area (TPSA) is 38.8 Å². The Morgan fingerprint density at radius 3 is 2.94 bits per heavy atom. The van der Waals surface area contributed by atoms with Gasteiger partial charge >= 0.3 is 0 Å². The van der Waals surface area contributed by atoms with Crippen LogP contribution in [0.2, 0.25) is 0 Å². The molecule has 1 amide bonds. The molecule has 0 aliphatic carbocycles. The third-order valence-electron chi connectivity index (χ3n) is 3.50. The Morgan fingerprint density at radius 1 is 1.35 bits per heavy atom. The Morgan fingerprint density at radius 2 is 2.18 bits per heavy atom. The van der Waals surface area contributed by atoms with Gasteiger partial charge in [0.25, 0.3) is 0 Å². The lowest BCUT2D eigenvalue weighted by Crippen LogP contribution is -2.25. The van der Waals surface area contributed by atoms with Crippen LogP contribution in [0.5, 0.6) is 11.5 Å². The van der Waals surface area contributed by atoms with Crippen LogP contribution in [0.1, 0.15) is 24.8 Å². The molecule has 2 aliphatic rings. The molecule has 0 spiro atoms. The van der Waals surface area contributed by atoms with E-state index in [4.69, 9.17) is 9.47 Å². The van der Waals surface area contributed by atoms with Crippen LogP contribution in [0.3, 0.4) is 0 Å². The van der Waals surface area contributed by atoms with Crippen molar-refractivity contribution < 1.29 is 14.3 Å². The highest BCUT2D eigenvalue weighted by Crippen LogP contribution is 2.36. The fourth-order valence-electron chi connectivity index (χ4n) is 2.49. The van der Waals surface area contributed by atoms with E-state index in [9.17, 15) is 4.79 Å². The molecule has 1 atom stereocenters. The van der Waals surface area contributed by atoms with E-state index in [1.54, 1.807) is 6.92 Å². The molecular formula is C13H15NO3. The van der Waals surface area contributed by atoms with Crippen LogP contribution in [0.25, 0.3) is 0 Å².